The lowest BCUT2D eigenvalue weighted by atomic mass is 9.48. The summed E-state index contributed by atoms with van der Waals surface area (Å²) in [6.45, 7) is 8.80. The Morgan fingerprint density at radius 3 is 2.55 bits per heavy atom. The van der Waals surface area contributed by atoms with Crippen molar-refractivity contribution in [3.05, 3.63) is 58.1 Å². The first-order valence-corrected chi connectivity index (χ1v) is 15.8. The minimum Gasteiger partial charge on any atom is -0.483 e. The number of carbonyl (C=O) groups excluding carboxylic acids is 3. The maximum atomic E-state index is 13.6. The van der Waals surface area contributed by atoms with E-state index >= 15 is 0 Å². The zero-order valence-corrected chi connectivity index (χ0v) is 26.2. The molecule has 0 unspecified atom stereocenters. The van der Waals surface area contributed by atoms with Crippen LogP contribution in [0.3, 0.4) is 0 Å². The highest BCUT2D eigenvalue weighted by Gasteiger charge is 2.75. The van der Waals surface area contributed by atoms with Crippen LogP contribution in [-0.4, -0.2) is 71.6 Å². The summed E-state index contributed by atoms with van der Waals surface area (Å²) < 4.78 is 19.1. The molecule has 3 aliphatic carbocycles. The molecular formula is C36H40N2O6. The van der Waals surface area contributed by atoms with Crippen LogP contribution in [-0.2, 0) is 31.0 Å². The van der Waals surface area contributed by atoms with Gasteiger partial charge in [-0.05, 0) is 99.7 Å². The van der Waals surface area contributed by atoms with Crippen molar-refractivity contribution in [2.75, 3.05) is 20.1 Å². The topological polar surface area (TPSA) is 85.4 Å². The van der Waals surface area contributed by atoms with E-state index in [1.165, 1.54) is 32.3 Å². The molecule has 8 heteroatoms. The van der Waals surface area contributed by atoms with E-state index in [4.69, 9.17) is 14.2 Å². The molecule has 2 aromatic rings. The first kappa shape index (κ1) is 28.9. The second kappa shape index (κ2) is 10.4. The fourth-order valence-electron chi connectivity index (χ4n) is 8.69. The Kier molecular flexibility index (Phi) is 6.82. The molecule has 2 bridgehead atoms. The summed E-state index contributed by atoms with van der Waals surface area (Å²) >= 11 is 0. The lowest BCUT2D eigenvalue weighted by molar-refractivity contribution is -0.223. The van der Waals surface area contributed by atoms with E-state index in [-0.39, 0.29) is 24.0 Å². The number of hydrogen-bond donors (Lipinski definition) is 0. The molecule has 5 aliphatic rings. The lowest BCUT2D eigenvalue weighted by Gasteiger charge is -2.65. The Morgan fingerprint density at radius 1 is 1.05 bits per heavy atom. The number of rotatable bonds is 5. The van der Waals surface area contributed by atoms with Crippen molar-refractivity contribution in [3.63, 3.8) is 0 Å². The van der Waals surface area contributed by atoms with Gasteiger partial charge in [0, 0.05) is 44.5 Å². The van der Waals surface area contributed by atoms with Crippen molar-refractivity contribution >= 4 is 17.8 Å². The average Bonchev–Trinajstić information content (AvgIpc) is 3.72. The van der Waals surface area contributed by atoms with Gasteiger partial charge in [-0.2, -0.15) is 0 Å². The van der Waals surface area contributed by atoms with Crippen molar-refractivity contribution in [3.8, 4) is 23.3 Å². The van der Waals surface area contributed by atoms with Crippen LogP contribution >= 0.6 is 0 Å². The number of aryl methyl sites for hydroxylation is 2. The molecule has 2 heterocycles. The molecular weight excluding hydrogens is 556 g/mol. The summed E-state index contributed by atoms with van der Waals surface area (Å²) in [4.78, 5) is 43.0. The molecule has 3 fully saturated rings. The van der Waals surface area contributed by atoms with E-state index in [9.17, 15) is 14.4 Å². The molecule has 0 N–H and O–H groups in total. The van der Waals surface area contributed by atoms with Gasteiger partial charge in [-0.15, -0.1) is 0 Å². The predicted molar refractivity (Wildman–Crippen MR) is 163 cm³/mol. The Morgan fingerprint density at radius 2 is 1.84 bits per heavy atom. The quantitative estimate of drug-likeness (QED) is 0.290. The maximum Gasteiger partial charge on any atom is 0.308 e. The first-order chi connectivity index (χ1) is 21.0. The lowest BCUT2D eigenvalue weighted by Crippen LogP contribution is -2.79. The number of nitrogens with zero attached hydrogens (tertiary/aromatic N) is 2. The van der Waals surface area contributed by atoms with E-state index in [1.807, 2.05) is 44.2 Å². The molecule has 0 radical (unpaired) electrons. The molecule has 230 valence electrons. The summed E-state index contributed by atoms with van der Waals surface area (Å²) in [5.41, 5.74) is 3.70. The van der Waals surface area contributed by atoms with E-state index in [0.717, 1.165) is 41.8 Å². The molecule has 2 aliphatic heterocycles. The van der Waals surface area contributed by atoms with Gasteiger partial charge >= 0.3 is 11.9 Å². The summed E-state index contributed by atoms with van der Waals surface area (Å²) in [5.74, 6) is 6.50. The van der Waals surface area contributed by atoms with Crippen LogP contribution in [0.2, 0.25) is 0 Å². The third-order valence-electron chi connectivity index (χ3n) is 10.9. The summed E-state index contributed by atoms with van der Waals surface area (Å²) in [6.07, 6.45) is 4.61. The number of hydrogen-bond acceptors (Lipinski definition) is 7. The minimum atomic E-state index is -0.824. The highest BCUT2D eigenvalue weighted by Crippen LogP contribution is 2.67. The van der Waals surface area contributed by atoms with Crippen LogP contribution in [0, 0.1) is 31.6 Å². The van der Waals surface area contributed by atoms with E-state index in [2.05, 4.69) is 16.7 Å². The molecule has 7 rings (SSSR count). The smallest absolute Gasteiger partial charge is 0.308 e. The van der Waals surface area contributed by atoms with Crippen molar-refractivity contribution in [1.82, 2.24) is 9.80 Å². The molecule has 8 nitrogen and oxygen atoms in total. The summed E-state index contributed by atoms with van der Waals surface area (Å²) in [6, 6.07) is 9.48. The summed E-state index contributed by atoms with van der Waals surface area (Å²) in [7, 11) is 1.79. The van der Waals surface area contributed by atoms with Crippen molar-refractivity contribution in [2.45, 2.75) is 95.4 Å². The molecule has 5 atom stereocenters. The highest BCUT2D eigenvalue weighted by atomic mass is 16.6. The molecule has 1 spiro atoms. The van der Waals surface area contributed by atoms with Gasteiger partial charge in [0.2, 0.25) is 0 Å². The number of carbonyl (C=O) groups is 3. The molecule has 1 amide bonds. The van der Waals surface area contributed by atoms with Gasteiger partial charge in [0.15, 0.2) is 11.5 Å². The van der Waals surface area contributed by atoms with Gasteiger partial charge in [0.25, 0.3) is 5.91 Å². The third kappa shape index (κ3) is 4.34. The second-order valence-corrected chi connectivity index (χ2v) is 13.5. The highest BCUT2D eigenvalue weighted by molar-refractivity contribution is 5.94. The van der Waals surface area contributed by atoms with Crippen LogP contribution in [0.1, 0.15) is 73.8 Å². The largest absolute Gasteiger partial charge is 0.483 e. The molecule has 1 saturated heterocycles. The Labute approximate surface area is 259 Å². The first-order valence-electron chi connectivity index (χ1n) is 15.8. The zero-order chi connectivity index (χ0) is 31.0. The van der Waals surface area contributed by atoms with Crippen LogP contribution in [0.25, 0.3) is 0 Å². The van der Waals surface area contributed by atoms with E-state index < -0.39 is 23.1 Å². The van der Waals surface area contributed by atoms with Gasteiger partial charge in [-0.1, -0.05) is 18.1 Å². The second-order valence-electron chi connectivity index (χ2n) is 13.5. The van der Waals surface area contributed by atoms with E-state index in [1.54, 1.807) is 11.9 Å². The van der Waals surface area contributed by atoms with Crippen LogP contribution in [0.4, 0.5) is 0 Å². The zero-order valence-electron chi connectivity index (χ0n) is 26.2. The summed E-state index contributed by atoms with van der Waals surface area (Å²) in [5, 5.41) is 0. The maximum absolute atomic E-state index is 13.6. The van der Waals surface area contributed by atoms with Gasteiger partial charge in [0.05, 0.1) is 17.5 Å². The number of ether oxygens (including phenoxy) is 3. The van der Waals surface area contributed by atoms with Crippen LogP contribution < -0.4 is 9.47 Å². The predicted octanol–water partition coefficient (Wildman–Crippen LogP) is 4.24. The van der Waals surface area contributed by atoms with Crippen molar-refractivity contribution in [2.24, 2.45) is 5.92 Å². The van der Waals surface area contributed by atoms with E-state index in [0.29, 0.717) is 36.7 Å². The fourth-order valence-corrected chi connectivity index (χ4v) is 8.69. The molecule has 44 heavy (non-hydrogen) atoms. The average molecular weight is 597 g/mol. The van der Waals surface area contributed by atoms with Crippen molar-refractivity contribution in [1.29, 1.82) is 0 Å². The van der Waals surface area contributed by atoms with Crippen molar-refractivity contribution < 1.29 is 28.6 Å². The van der Waals surface area contributed by atoms with Gasteiger partial charge < -0.3 is 19.1 Å². The third-order valence-corrected chi connectivity index (χ3v) is 10.9. The number of amides is 1. The Balaban J connectivity index is 1.32. The van der Waals surface area contributed by atoms with Crippen LogP contribution in [0.15, 0.2) is 30.3 Å². The number of likely N-dealkylation sites (tertiary alicyclic amines) is 1. The normalized spacial score (nSPS) is 29.4. The molecule has 2 saturated carbocycles. The molecule has 2 aromatic carbocycles. The van der Waals surface area contributed by atoms with Gasteiger partial charge in [-0.3, -0.25) is 19.3 Å². The standard InChI is InChI=1S/C36H40N2O6/c1-21-6-7-25(18-22(21)2)10-13-31(41)37(5)28-14-15-36(44-24(4)40)30-19-27-11-12-29(42-23(3)39)33-32(27)35(36,34(28)43-33)16-17-38(30)20-26-8-9-26/h6-7,11-12,18,26,28,30,34H,8-9,14-17,19-20H2,1-5H3/t28-,30-,34+,35+,36-/m1/s1. The van der Waals surface area contributed by atoms with Gasteiger partial charge in [0.1, 0.15) is 11.7 Å². The monoisotopic (exact) mass is 596 g/mol. The molecule has 0 aromatic heterocycles. The minimum absolute atomic E-state index is 0.00333. The Hall–Kier alpha value is -3.83. The SMILES string of the molecule is CC(=O)Oc1ccc2c3c1O[C@H]1[C@H](N(C)C(=O)C#Cc4ccc(C)c(C)c4)CC[C@@]4(OC(C)=O)[C@@H](C2)N(CC2CC2)CC[C@]314. The number of likely N-dealkylation sites (N-methyl/N-ethyl adjacent to an activating group) is 1. The number of benzene rings is 2. The fraction of sp³-hybridized carbons (Fsp3) is 0.528. The van der Waals surface area contributed by atoms with Gasteiger partial charge in [-0.25, -0.2) is 0 Å². The number of esters is 2. The Bertz CT molecular complexity index is 1630. The van der Waals surface area contributed by atoms with Crippen LogP contribution in [0.5, 0.6) is 11.5 Å². The number of piperidine rings is 1.